The summed E-state index contributed by atoms with van der Waals surface area (Å²) in [4.78, 5) is 35.4. The van der Waals surface area contributed by atoms with Crippen LogP contribution >= 0.6 is 0 Å². The number of nitrogens with one attached hydrogen (secondary N) is 1. The van der Waals surface area contributed by atoms with E-state index >= 15 is 0 Å². The predicted octanol–water partition coefficient (Wildman–Crippen LogP) is 3.87. The normalized spacial score (nSPS) is 14.2. The zero-order valence-electron chi connectivity index (χ0n) is 16.7. The second kappa shape index (κ2) is 8.31. The summed E-state index contributed by atoms with van der Waals surface area (Å²) >= 11 is 0. The van der Waals surface area contributed by atoms with Crippen LogP contribution in [0.15, 0.2) is 63.8 Å². The van der Waals surface area contributed by atoms with Gasteiger partial charge < -0.3 is 19.6 Å². The highest BCUT2D eigenvalue weighted by Crippen LogP contribution is 2.35. The molecule has 31 heavy (non-hydrogen) atoms. The first-order chi connectivity index (χ1) is 15.0. The number of para-hydroxylation sites is 1. The lowest BCUT2D eigenvalue weighted by atomic mass is 10.1. The number of methoxy groups -OCH3 is 1. The number of anilines is 1. The summed E-state index contributed by atoms with van der Waals surface area (Å²) in [6, 6.07) is 12.3. The number of carboxylic acid groups (broad SMARTS) is 1. The Hall–Kier alpha value is -4.13. The molecule has 1 amide bonds. The fourth-order valence-electron chi connectivity index (χ4n) is 3.61. The monoisotopic (exact) mass is 417 g/mol. The van der Waals surface area contributed by atoms with Gasteiger partial charge in [-0.2, -0.15) is 0 Å². The Bertz CT molecular complexity index is 1320. The van der Waals surface area contributed by atoms with Gasteiger partial charge in [0.15, 0.2) is 5.43 Å². The van der Waals surface area contributed by atoms with E-state index in [4.69, 9.17) is 14.3 Å². The van der Waals surface area contributed by atoms with Crippen LogP contribution in [0.1, 0.15) is 23.3 Å². The molecule has 7 nitrogen and oxygen atoms in total. The van der Waals surface area contributed by atoms with Crippen LogP contribution in [0.3, 0.4) is 0 Å². The molecule has 2 N–H and O–H groups in total. The molecule has 0 saturated heterocycles. The first-order valence-corrected chi connectivity index (χ1v) is 9.62. The Labute approximate surface area is 177 Å². The van der Waals surface area contributed by atoms with Gasteiger partial charge in [-0.05, 0) is 42.7 Å². The molecule has 0 atom stereocenters. The maximum absolute atomic E-state index is 13.0. The molecular weight excluding hydrogens is 398 g/mol. The number of fused-ring (bicyclic) bond motifs is 2. The van der Waals surface area contributed by atoms with E-state index in [-0.39, 0.29) is 5.43 Å². The van der Waals surface area contributed by atoms with Gasteiger partial charge in [0.1, 0.15) is 17.1 Å². The van der Waals surface area contributed by atoms with E-state index in [0.29, 0.717) is 40.8 Å². The second-order valence-electron chi connectivity index (χ2n) is 7.02. The van der Waals surface area contributed by atoms with Gasteiger partial charge >= 0.3 is 5.97 Å². The lowest BCUT2D eigenvalue weighted by molar-refractivity contribution is -0.131. The highest BCUT2D eigenvalue weighted by molar-refractivity contribution is 6.03. The van der Waals surface area contributed by atoms with Crippen molar-refractivity contribution in [1.82, 2.24) is 0 Å². The Balaban J connectivity index is 1.74. The van der Waals surface area contributed by atoms with E-state index in [0.717, 1.165) is 29.0 Å². The third kappa shape index (κ3) is 4.11. The zero-order valence-corrected chi connectivity index (χ0v) is 16.7. The van der Waals surface area contributed by atoms with Crippen molar-refractivity contribution in [3.63, 3.8) is 0 Å². The van der Waals surface area contributed by atoms with Crippen molar-refractivity contribution in [3.05, 3.63) is 81.7 Å². The number of carbonyl (C=O) groups excluding carboxylic acids is 1. The average molecular weight is 417 g/mol. The average Bonchev–Trinajstić information content (AvgIpc) is 3.15. The van der Waals surface area contributed by atoms with Gasteiger partial charge in [-0.3, -0.25) is 9.59 Å². The van der Waals surface area contributed by atoms with Gasteiger partial charge in [0.25, 0.3) is 0 Å². The van der Waals surface area contributed by atoms with E-state index in [1.54, 1.807) is 25.3 Å². The van der Waals surface area contributed by atoms with E-state index in [1.807, 2.05) is 30.3 Å². The van der Waals surface area contributed by atoms with Gasteiger partial charge in [-0.1, -0.05) is 18.2 Å². The van der Waals surface area contributed by atoms with Crippen molar-refractivity contribution in [1.29, 1.82) is 0 Å². The summed E-state index contributed by atoms with van der Waals surface area (Å²) in [5.74, 6) is -0.546. The number of carbonyl (C=O) groups is 2. The quantitative estimate of drug-likeness (QED) is 0.611. The highest BCUT2D eigenvalue weighted by atomic mass is 16.5. The lowest BCUT2D eigenvalue weighted by Gasteiger charge is -2.08. The Morgan fingerprint density at radius 1 is 1.13 bits per heavy atom. The van der Waals surface area contributed by atoms with Crippen LogP contribution < -0.4 is 15.5 Å². The van der Waals surface area contributed by atoms with Crippen LogP contribution in [0, 0.1) is 0 Å². The summed E-state index contributed by atoms with van der Waals surface area (Å²) in [5, 5.41) is 11.6. The van der Waals surface area contributed by atoms with Gasteiger partial charge in [-0.25, -0.2) is 4.79 Å². The molecule has 156 valence electrons. The molecule has 0 spiro atoms. The van der Waals surface area contributed by atoms with Crippen molar-refractivity contribution in [2.24, 2.45) is 0 Å². The minimum atomic E-state index is -1.22. The molecule has 3 aromatic rings. The van der Waals surface area contributed by atoms with E-state index in [2.05, 4.69) is 5.32 Å². The number of amides is 1. The molecule has 1 aliphatic carbocycles. The Morgan fingerprint density at radius 3 is 2.71 bits per heavy atom. The molecule has 0 bridgehead atoms. The van der Waals surface area contributed by atoms with Gasteiger partial charge in [0.2, 0.25) is 5.91 Å². The van der Waals surface area contributed by atoms with E-state index in [9.17, 15) is 14.4 Å². The number of carboxylic acids is 1. The topological polar surface area (TPSA) is 106 Å². The minimum Gasteiger partial charge on any atom is -0.496 e. The van der Waals surface area contributed by atoms with Crippen molar-refractivity contribution in [2.45, 2.75) is 12.8 Å². The summed E-state index contributed by atoms with van der Waals surface area (Å²) < 4.78 is 11.5. The maximum Gasteiger partial charge on any atom is 0.328 e. The standard InChI is InChI=1S/C24H19NO6/c1-30-19-5-3-2-4-14(19)12-15-6-8-18-23(29)17-9-7-16(13-20(17)31-24(15)18)25-21(26)10-11-22(27)28/h2-5,7,9-13H,6,8H2,1H3,(H,25,26)(H,27,28)/b11-10+,15-12?. The number of rotatable bonds is 5. The first kappa shape index (κ1) is 20.2. The Morgan fingerprint density at radius 2 is 1.94 bits per heavy atom. The molecule has 0 radical (unpaired) electrons. The smallest absolute Gasteiger partial charge is 0.328 e. The van der Waals surface area contributed by atoms with Crippen LogP contribution in [0.2, 0.25) is 0 Å². The molecule has 0 unspecified atom stereocenters. The van der Waals surface area contributed by atoms with Gasteiger partial charge in [-0.15, -0.1) is 0 Å². The predicted molar refractivity (Wildman–Crippen MR) is 117 cm³/mol. The number of hydrogen-bond donors (Lipinski definition) is 2. The molecule has 0 fully saturated rings. The molecule has 4 rings (SSSR count). The Kier molecular flexibility index (Phi) is 5.41. The van der Waals surface area contributed by atoms with Crippen LogP contribution in [0.25, 0.3) is 22.6 Å². The molecule has 1 aromatic heterocycles. The van der Waals surface area contributed by atoms with Crippen molar-refractivity contribution < 1.29 is 23.8 Å². The zero-order chi connectivity index (χ0) is 22.0. The van der Waals surface area contributed by atoms with E-state index < -0.39 is 11.9 Å². The van der Waals surface area contributed by atoms with E-state index in [1.165, 1.54) is 0 Å². The largest absolute Gasteiger partial charge is 0.496 e. The van der Waals surface area contributed by atoms with Crippen LogP contribution in [-0.2, 0) is 16.0 Å². The highest BCUT2D eigenvalue weighted by Gasteiger charge is 2.24. The number of aliphatic carboxylic acids is 1. The van der Waals surface area contributed by atoms with Crippen molar-refractivity contribution in [3.8, 4) is 5.75 Å². The second-order valence-corrected chi connectivity index (χ2v) is 7.02. The number of allylic oxidation sites excluding steroid dienone is 1. The van der Waals surface area contributed by atoms with Crippen molar-refractivity contribution in [2.75, 3.05) is 12.4 Å². The van der Waals surface area contributed by atoms with Gasteiger partial charge in [0, 0.05) is 35.0 Å². The number of benzene rings is 2. The summed E-state index contributed by atoms with van der Waals surface area (Å²) in [5.41, 5.74) is 3.07. The molecule has 7 heteroatoms. The third-order valence-corrected chi connectivity index (χ3v) is 5.04. The molecule has 0 saturated carbocycles. The lowest BCUT2D eigenvalue weighted by Crippen LogP contribution is -2.11. The molecule has 0 aliphatic heterocycles. The fraction of sp³-hybridized carbons (Fsp3) is 0.125. The molecular formula is C24H19NO6. The summed E-state index contributed by atoms with van der Waals surface area (Å²) in [6.07, 6.45) is 4.89. The molecule has 2 aromatic carbocycles. The first-order valence-electron chi connectivity index (χ1n) is 9.62. The summed E-state index contributed by atoms with van der Waals surface area (Å²) in [7, 11) is 1.61. The minimum absolute atomic E-state index is 0.0941. The maximum atomic E-state index is 13.0. The SMILES string of the molecule is COc1ccccc1C=C1CCc2c1oc1cc(NC(=O)/C=C/C(=O)O)ccc1c2=O. The van der Waals surface area contributed by atoms with Crippen LogP contribution in [0.5, 0.6) is 5.75 Å². The number of hydrogen-bond acceptors (Lipinski definition) is 5. The molecule has 1 aliphatic rings. The summed E-state index contributed by atoms with van der Waals surface area (Å²) in [6.45, 7) is 0. The van der Waals surface area contributed by atoms with Crippen LogP contribution in [0.4, 0.5) is 5.69 Å². The fourth-order valence-corrected chi connectivity index (χ4v) is 3.61. The van der Waals surface area contributed by atoms with Gasteiger partial charge in [0.05, 0.1) is 12.5 Å². The molecule has 1 heterocycles. The van der Waals surface area contributed by atoms with Crippen molar-refractivity contribution >= 4 is 40.2 Å². The number of ether oxygens (including phenoxy) is 1. The third-order valence-electron chi connectivity index (χ3n) is 5.04. The van der Waals surface area contributed by atoms with Crippen LogP contribution in [-0.4, -0.2) is 24.1 Å².